The molecule has 0 fully saturated rings. The molecule has 0 radical (unpaired) electrons. The van der Waals surface area contributed by atoms with E-state index >= 15 is 0 Å². The third-order valence-corrected chi connectivity index (χ3v) is 4.40. The zero-order valence-corrected chi connectivity index (χ0v) is 13.2. The van der Waals surface area contributed by atoms with Crippen LogP contribution in [-0.2, 0) is 4.74 Å². The standard InChI is InChI=1S/C14H19N3O2S/c1-7-6-11(9(3)20-7)8(2)17-10(4)16-12(13(17)15)14(18)19-5/h6,8H,15H2,1-5H3. The van der Waals surface area contributed by atoms with Crippen LogP contribution in [0.1, 0.15) is 44.6 Å². The Labute approximate surface area is 122 Å². The maximum absolute atomic E-state index is 11.7. The molecule has 2 N–H and O–H groups in total. The van der Waals surface area contributed by atoms with Gasteiger partial charge >= 0.3 is 5.97 Å². The molecule has 5 nitrogen and oxygen atoms in total. The zero-order valence-electron chi connectivity index (χ0n) is 12.4. The lowest BCUT2D eigenvalue weighted by atomic mass is 10.1. The van der Waals surface area contributed by atoms with Crippen molar-refractivity contribution in [2.75, 3.05) is 12.8 Å². The van der Waals surface area contributed by atoms with Gasteiger partial charge < -0.3 is 15.0 Å². The number of rotatable bonds is 3. The molecule has 0 saturated carbocycles. The highest BCUT2D eigenvalue weighted by Crippen LogP contribution is 2.32. The summed E-state index contributed by atoms with van der Waals surface area (Å²) in [4.78, 5) is 18.4. The summed E-state index contributed by atoms with van der Waals surface area (Å²) in [5.74, 6) is 0.554. The second-order valence-corrected chi connectivity index (χ2v) is 6.26. The molecule has 6 heteroatoms. The van der Waals surface area contributed by atoms with E-state index in [4.69, 9.17) is 10.5 Å². The summed E-state index contributed by atoms with van der Waals surface area (Å²) in [5, 5.41) is 0. The fourth-order valence-corrected chi connectivity index (χ4v) is 3.52. The van der Waals surface area contributed by atoms with E-state index in [0.29, 0.717) is 11.6 Å². The summed E-state index contributed by atoms with van der Waals surface area (Å²) in [5.41, 5.74) is 7.47. The molecule has 20 heavy (non-hydrogen) atoms. The highest BCUT2D eigenvalue weighted by Gasteiger charge is 2.24. The van der Waals surface area contributed by atoms with Crippen LogP contribution in [0.5, 0.6) is 0 Å². The van der Waals surface area contributed by atoms with Crippen molar-refractivity contribution in [1.29, 1.82) is 0 Å². The van der Waals surface area contributed by atoms with Crippen LogP contribution < -0.4 is 5.73 Å². The van der Waals surface area contributed by atoms with Crippen LogP contribution in [-0.4, -0.2) is 22.6 Å². The Hall–Kier alpha value is -1.82. The lowest BCUT2D eigenvalue weighted by Gasteiger charge is -2.17. The number of aryl methyl sites for hydroxylation is 3. The lowest BCUT2D eigenvalue weighted by Crippen LogP contribution is -2.13. The average Bonchev–Trinajstić information content (AvgIpc) is 2.87. The quantitative estimate of drug-likeness (QED) is 0.883. The Bertz CT molecular complexity index is 658. The first-order valence-electron chi connectivity index (χ1n) is 6.36. The molecule has 2 aromatic heterocycles. The third kappa shape index (κ3) is 2.31. The largest absolute Gasteiger partial charge is 0.464 e. The first-order chi connectivity index (χ1) is 9.36. The zero-order chi connectivity index (χ0) is 15.0. The first-order valence-corrected chi connectivity index (χ1v) is 7.18. The summed E-state index contributed by atoms with van der Waals surface area (Å²) in [6, 6.07) is 2.19. The van der Waals surface area contributed by atoms with Crippen LogP contribution in [0.25, 0.3) is 0 Å². The molecule has 2 aromatic rings. The van der Waals surface area contributed by atoms with Gasteiger partial charge in [-0.05, 0) is 39.3 Å². The van der Waals surface area contributed by atoms with Crippen LogP contribution in [0.3, 0.4) is 0 Å². The predicted molar refractivity (Wildman–Crippen MR) is 80.3 cm³/mol. The van der Waals surface area contributed by atoms with Crippen molar-refractivity contribution >= 4 is 23.1 Å². The number of carbonyl (C=O) groups is 1. The number of esters is 1. The number of hydrogen-bond acceptors (Lipinski definition) is 5. The summed E-state index contributed by atoms with van der Waals surface area (Å²) < 4.78 is 6.58. The van der Waals surface area contributed by atoms with Crippen molar-refractivity contribution in [1.82, 2.24) is 9.55 Å². The van der Waals surface area contributed by atoms with Gasteiger partial charge in [0, 0.05) is 9.75 Å². The third-order valence-electron chi connectivity index (χ3n) is 3.42. The van der Waals surface area contributed by atoms with Gasteiger partial charge in [0.05, 0.1) is 13.2 Å². The Morgan fingerprint density at radius 1 is 1.45 bits per heavy atom. The fraction of sp³-hybridized carbons (Fsp3) is 0.429. The number of aromatic nitrogens is 2. The molecule has 0 aromatic carbocycles. The summed E-state index contributed by atoms with van der Waals surface area (Å²) in [6.07, 6.45) is 0. The number of ether oxygens (including phenoxy) is 1. The average molecular weight is 293 g/mol. The second-order valence-electron chi connectivity index (χ2n) is 4.80. The van der Waals surface area contributed by atoms with Crippen LogP contribution in [0.2, 0.25) is 0 Å². The highest BCUT2D eigenvalue weighted by atomic mass is 32.1. The molecular formula is C14H19N3O2S. The smallest absolute Gasteiger partial charge is 0.360 e. The van der Waals surface area contributed by atoms with Crippen LogP contribution in [0.4, 0.5) is 5.82 Å². The first kappa shape index (κ1) is 14.6. The number of nitrogens with zero attached hydrogens (tertiary/aromatic N) is 2. The molecule has 0 bridgehead atoms. The normalized spacial score (nSPS) is 12.4. The van der Waals surface area contributed by atoms with Crippen molar-refractivity contribution in [2.24, 2.45) is 0 Å². The van der Waals surface area contributed by atoms with Crippen molar-refractivity contribution in [3.8, 4) is 0 Å². The van der Waals surface area contributed by atoms with E-state index in [1.54, 1.807) is 11.3 Å². The molecule has 1 atom stereocenters. The van der Waals surface area contributed by atoms with E-state index in [1.807, 2.05) is 11.5 Å². The molecule has 0 saturated heterocycles. The maximum Gasteiger partial charge on any atom is 0.360 e. The van der Waals surface area contributed by atoms with Crippen molar-refractivity contribution in [3.63, 3.8) is 0 Å². The van der Waals surface area contributed by atoms with Crippen LogP contribution in [0, 0.1) is 20.8 Å². The maximum atomic E-state index is 11.7. The van der Waals surface area contributed by atoms with Crippen LogP contribution >= 0.6 is 11.3 Å². The fourth-order valence-electron chi connectivity index (χ4n) is 2.50. The lowest BCUT2D eigenvalue weighted by molar-refractivity contribution is 0.0595. The molecule has 2 heterocycles. The van der Waals surface area contributed by atoms with Gasteiger partial charge in [0.2, 0.25) is 0 Å². The molecule has 0 aliphatic carbocycles. The number of thiophene rings is 1. The Morgan fingerprint density at radius 2 is 2.10 bits per heavy atom. The molecule has 0 aliphatic rings. The van der Waals surface area contributed by atoms with E-state index in [9.17, 15) is 4.79 Å². The molecule has 1 unspecified atom stereocenters. The van der Waals surface area contributed by atoms with Gasteiger partial charge in [0.25, 0.3) is 0 Å². The Balaban J connectivity index is 2.50. The molecule has 0 aliphatic heterocycles. The van der Waals surface area contributed by atoms with E-state index in [-0.39, 0.29) is 11.7 Å². The summed E-state index contributed by atoms with van der Waals surface area (Å²) in [6.45, 7) is 8.07. The van der Waals surface area contributed by atoms with Crippen molar-refractivity contribution in [2.45, 2.75) is 33.7 Å². The van der Waals surface area contributed by atoms with Crippen molar-refractivity contribution < 1.29 is 9.53 Å². The molecule has 2 rings (SSSR count). The van der Waals surface area contributed by atoms with Gasteiger partial charge in [-0.3, -0.25) is 0 Å². The number of nitrogens with two attached hydrogens (primary N) is 1. The van der Waals surface area contributed by atoms with Gasteiger partial charge in [-0.2, -0.15) is 0 Å². The number of anilines is 1. The topological polar surface area (TPSA) is 70.1 Å². The highest BCUT2D eigenvalue weighted by molar-refractivity contribution is 7.12. The second kappa shape index (κ2) is 5.28. The van der Waals surface area contributed by atoms with E-state index in [2.05, 4.69) is 31.8 Å². The number of nitrogen functional groups attached to an aromatic ring is 1. The number of hydrogen-bond donors (Lipinski definition) is 1. The van der Waals surface area contributed by atoms with Gasteiger partial charge in [0.1, 0.15) is 11.6 Å². The van der Waals surface area contributed by atoms with Crippen LogP contribution in [0.15, 0.2) is 6.07 Å². The molecule has 0 spiro atoms. The van der Waals surface area contributed by atoms with E-state index in [0.717, 1.165) is 0 Å². The monoisotopic (exact) mass is 293 g/mol. The molecule has 0 amide bonds. The number of carbonyl (C=O) groups excluding carboxylic acids is 1. The van der Waals surface area contributed by atoms with Gasteiger partial charge in [-0.25, -0.2) is 9.78 Å². The minimum atomic E-state index is -0.505. The molecule has 108 valence electrons. The SMILES string of the molecule is COC(=O)c1nc(C)n(C(C)c2cc(C)sc2C)c1N. The minimum absolute atomic E-state index is 0.0332. The number of imidazole rings is 1. The van der Waals surface area contributed by atoms with Crippen molar-refractivity contribution in [3.05, 3.63) is 32.9 Å². The van der Waals surface area contributed by atoms with Gasteiger partial charge in [-0.1, -0.05) is 0 Å². The van der Waals surface area contributed by atoms with Gasteiger partial charge in [0.15, 0.2) is 5.69 Å². The van der Waals surface area contributed by atoms with E-state index in [1.165, 1.54) is 22.4 Å². The molecular weight excluding hydrogens is 274 g/mol. The predicted octanol–water partition coefficient (Wildman–Crippen LogP) is 2.85. The van der Waals surface area contributed by atoms with Gasteiger partial charge in [-0.15, -0.1) is 11.3 Å². The minimum Gasteiger partial charge on any atom is -0.464 e. The Morgan fingerprint density at radius 3 is 2.60 bits per heavy atom. The number of methoxy groups -OCH3 is 1. The summed E-state index contributed by atoms with van der Waals surface area (Å²) >= 11 is 1.76. The summed E-state index contributed by atoms with van der Waals surface area (Å²) in [7, 11) is 1.33. The Kier molecular flexibility index (Phi) is 3.85. The van der Waals surface area contributed by atoms with E-state index < -0.39 is 5.97 Å².